The first-order valence-corrected chi connectivity index (χ1v) is 5.99. The van der Waals surface area contributed by atoms with Crippen LogP contribution < -0.4 is 10.6 Å². The molecule has 2 aliphatic rings. The Bertz CT molecular complexity index is 227. The Hall–Kier alpha value is -0.610. The first-order valence-electron chi connectivity index (χ1n) is 5.99. The second kappa shape index (κ2) is 4.94. The average molecular weight is 212 g/mol. The first kappa shape index (κ1) is 10.9. The summed E-state index contributed by atoms with van der Waals surface area (Å²) in [5, 5.41) is 15.9. The predicted molar refractivity (Wildman–Crippen MR) is 57.4 cm³/mol. The van der Waals surface area contributed by atoms with Crippen molar-refractivity contribution >= 4 is 5.91 Å². The lowest BCUT2D eigenvalue weighted by molar-refractivity contribution is -0.124. The number of carbonyl (C=O) groups excluding carboxylic acids is 1. The number of rotatable bonds is 2. The lowest BCUT2D eigenvalue weighted by Gasteiger charge is -2.29. The number of amides is 1. The summed E-state index contributed by atoms with van der Waals surface area (Å²) in [7, 11) is 0. The molecule has 15 heavy (non-hydrogen) atoms. The summed E-state index contributed by atoms with van der Waals surface area (Å²) in [6.45, 7) is 0.936. The SMILES string of the molecule is O=C(NC1CCCCC1O)[C@H]1CCCN1. The van der Waals surface area contributed by atoms with Gasteiger partial charge in [0.2, 0.25) is 5.91 Å². The molecule has 0 radical (unpaired) electrons. The fourth-order valence-corrected chi connectivity index (χ4v) is 2.47. The van der Waals surface area contributed by atoms with Crippen molar-refractivity contribution in [1.29, 1.82) is 0 Å². The largest absolute Gasteiger partial charge is 0.391 e. The van der Waals surface area contributed by atoms with Crippen molar-refractivity contribution in [2.24, 2.45) is 0 Å². The highest BCUT2D eigenvalue weighted by Crippen LogP contribution is 2.18. The summed E-state index contributed by atoms with van der Waals surface area (Å²) in [6, 6.07) is -0.0484. The van der Waals surface area contributed by atoms with Crippen LogP contribution in [-0.4, -0.2) is 35.7 Å². The number of aliphatic hydroxyl groups excluding tert-OH is 1. The van der Waals surface area contributed by atoms with Crippen LogP contribution in [0.2, 0.25) is 0 Å². The molecular formula is C11H20N2O2. The van der Waals surface area contributed by atoms with Crippen LogP contribution in [0.5, 0.6) is 0 Å². The van der Waals surface area contributed by atoms with Gasteiger partial charge in [-0.3, -0.25) is 4.79 Å². The van der Waals surface area contributed by atoms with Gasteiger partial charge in [-0.05, 0) is 32.2 Å². The third-order valence-electron chi connectivity index (χ3n) is 3.43. The van der Waals surface area contributed by atoms with Crippen LogP contribution in [0.1, 0.15) is 38.5 Å². The Labute approximate surface area is 90.4 Å². The van der Waals surface area contributed by atoms with Gasteiger partial charge in [0.05, 0.1) is 18.2 Å². The molecule has 2 unspecified atom stereocenters. The quantitative estimate of drug-likeness (QED) is 0.611. The van der Waals surface area contributed by atoms with Crippen LogP contribution >= 0.6 is 0 Å². The van der Waals surface area contributed by atoms with Crippen LogP contribution in [0.4, 0.5) is 0 Å². The molecule has 1 aliphatic heterocycles. The third-order valence-corrected chi connectivity index (χ3v) is 3.43. The number of nitrogens with one attached hydrogen (secondary N) is 2. The summed E-state index contributed by atoms with van der Waals surface area (Å²) < 4.78 is 0. The zero-order valence-electron chi connectivity index (χ0n) is 9.04. The monoisotopic (exact) mass is 212 g/mol. The van der Waals surface area contributed by atoms with Crippen molar-refractivity contribution < 1.29 is 9.90 Å². The van der Waals surface area contributed by atoms with E-state index in [1.807, 2.05) is 0 Å². The average Bonchev–Trinajstić information content (AvgIpc) is 2.74. The lowest BCUT2D eigenvalue weighted by atomic mass is 9.92. The topological polar surface area (TPSA) is 61.4 Å². The number of hydrogen-bond acceptors (Lipinski definition) is 3. The standard InChI is InChI=1S/C11H20N2O2/c14-10-6-2-1-4-8(10)13-11(15)9-5-3-7-12-9/h8-10,12,14H,1-7H2,(H,13,15)/t8?,9-,10?/m1/s1. The van der Waals surface area contributed by atoms with Gasteiger partial charge in [-0.2, -0.15) is 0 Å². The maximum absolute atomic E-state index is 11.8. The van der Waals surface area contributed by atoms with E-state index in [0.29, 0.717) is 0 Å². The molecule has 1 saturated carbocycles. The van der Waals surface area contributed by atoms with Crippen LogP contribution in [0.25, 0.3) is 0 Å². The maximum atomic E-state index is 11.8. The molecule has 1 aliphatic carbocycles. The lowest BCUT2D eigenvalue weighted by Crippen LogP contribution is -2.50. The van der Waals surface area contributed by atoms with E-state index in [2.05, 4.69) is 10.6 Å². The van der Waals surface area contributed by atoms with E-state index in [1.165, 1.54) is 0 Å². The van der Waals surface area contributed by atoms with E-state index in [0.717, 1.165) is 45.1 Å². The highest BCUT2D eigenvalue weighted by Gasteiger charge is 2.28. The molecule has 0 aromatic heterocycles. The van der Waals surface area contributed by atoms with Crippen LogP contribution in [0.3, 0.4) is 0 Å². The highest BCUT2D eigenvalue weighted by atomic mass is 16.3. The van der Waals surface area contributed by atoms with E-state index in [-0.39, 0.29) is 24.1 Å². The normalized spacial score (nSPS) is 36.5. The Morgan fingerprint density at radius 3 is 2.67 bits per heavy atom. The molecule has 0 spiro atoms. The minimum Gasteiger partial charge on any atom is -0.391 e. The Kier molecular flexibility index (Phi) is 3.59. The van der Waals surface area contributed by atoms with Gasteiger partial charge in [0.15, 0.2) is 0 Å². The van der Waals surface area contributed by atoms with E-state index >= 15 is 0 Å². The molecule has 0 bridgehead atoms. The molecule has 2 rings (SSSR count). The second-order valence-corrected chi connectivity index (χ2v) is 4.62. The molecule has 1 heterocycles. The van der Waals surface area contributed by atoms with Crippen molar-refractivity contribution in [3.8, 4) is 0 Å². The summed E-state index contributed by atoms with van der Waals surface area (Å²) in [5.41, 5.74) is 0. The minimum atomic E-state index is -0.343. The van der Waals surface area contributed by atoms with Gasteiger partial charge < -0.3 is 15.7 Å². The summed E-state index contributed by atoms with van der Waals surface area (Å²) in [6.07, 6.45) is 5.59. The van der Waals surface area contributed by atoms with Gasteiger partial charge in [0.25, 0.3) is 0 Å². The molecule has 4 nitrogen and oxygen atoms in total. The van der Waals surface area contributed by atoms with Gasteiger partial charge >= 0.3 is 0 Å². The molecule has 0 aromatic rings. The van der Waals surface area contributed by atoms with E-state index < -0.39 is 0 Å². The van der Waals surface area contributed by atoms with Crippen LogP contribution in [0.15, 0.2) is 0 Å². The molecule has 0 aromatic carbocycles. The summed E-state index contributed by atoms with van der Waals surface area (Å²) in [5.74, 6) is 0.0680. The first-order chi connectivity index (χ1) is 7.27. The van der Waals surface area contributed by atoms with Crippen LogP contribution in [-0.2, 0) is 4.79 Å². The van der Waals surface area contributed by atoms with Crippen molar-refractivity contribution in [2.75, 3.05) is 6.54 Å². The highest BCUT2D eigenvalue weighted by molar-refractivity contribution is 5.82. The third kappa shape index (κ3) is 2.69. The van der Waals surface area contributed by atoms with E-state index in [4.69, 9.17) is 0 Å². The Balaban J connectivity index is 1.81. The van der Waals surface area contributed by atoms with Crippen molar-refractivity contribution in [3.05, 3.63) is 0 Å². The molecule has 3 N–H and O–H groups in total. The Morgan fingerprint density at radius 1 is 1.20 bits per heavy atom. The number of hydrogen-bond donors (Lipinski definition) is 3. The van der Waals surface area contributed by atoms with Crippen molar-refractivity contribution in [1.82, 2.24) is 10.6 Å². The van der Waals surface area contributed by atoms with Crippen molar-refractivity contribution in [2.45, 2.75) is 56.7 Å². The van der Waals surface area contributed by atoms with Gasteiger partial charge in [-0.1, -0.05) is 12.8 Å². The molecule has 1 amide bonds. The zero-order valence-corrected chi connectivity index (χ0v) is 9.04. The smallest absolute Gasteiger partial charge is 0.237 e. The fourth-order valence-electron chi connectivity index (χ4n) is 2.47. The fraction of sp³-hybridized carbons (Fsp3) is 0.909. The Morgan fingerprint density at radius 2 is 2.00 bits per heavy atom. The van der Waals surface area contributed by atoms with E-state index in [1.54, 1.807) is 0 Å². The molecular weight excluding hydrogens is 192 g/mol. The number of aliphatic hydroxyl groups is 1. The van der Waals surface area contributed by atoms with Crippen LogP contribution in [0, 0.1) is 0 Å². The molecule has 86 valence electrons. The zero-order chi connectivity index (χ0) is 10.7. The summed E-state index contributed by atoms with van der Waals surface area (Å²) in [4.78, 5) is 11.8. The number of carbonyl (C=O) groups is 1. The maximum Gasteiger partial charge on any atom is 0.237 e. The van der Waals surface area contributed by atoms with Crippen molar-refractivity contribution in [3.63, 3.8) is 0 Å². The van der Waals surface area contributed by atoms with Gasteiger partial charge in [-0.25, -0.2) is 0 Å². The molecule has 2 fully saturated rings. The van der Waals surface area contributed by atoms with Gasteiger partial charge in [0, 0.05) is 0 Å². The van der Waals surface area contributed by atoms with E-state index in [9.17, 15) is 9.90 Å². The second-order valence-electron chi connectivity index (χ2n) is 4.62. The predicted octanol–water partition coefficient (Wildman–Crippen LogP) is 0.158. The molecule has 1 saturated heterocycles. The molecule has 3 atom stereocenters. The van der Waals surface area contributed by atoms with Gasteiger partial charge in [-0.15, -0.1) is 0 Å². The minimum absolute atomic E-state index is 0.0198. The summed E-state index contributed by atoms with van der Waals surface area (Å²) >= 11 is 0. The van der Waals surface area contributed by atoms with Gasteiger partial charge in [0.1, 0.15) is 0 Å². The molecule has 4 heteroatoms.